The highest BCUT2D eigenvalue weighted by Gasteiger charge is 2.06. The fraction of sp³-hybridized carbons (Fsp3) is 0.294. The Kier molecular flexibility index (Phi) is 5.45. The van der Waals surface area contributed by atoms with Crippen LogP contribution in [0.25, 0.3) is 0 Å². The Labute approximate surface area is 125 Å². The molecule has 2 aromatic carbocycles. The summed E-state index contributed by atoms with van der Waals surface area (Å²) in [7, 11) is 0. The van der Waals surface area contributed by atoms with Gasteiger partial charge in [-0.2, -0.15) is 0 Å². The lowest BCUT2D eigenvalue weighted by molar-refractivity contribution is 0.340. The molecular weight excluding hydrogens is 270 g/mol. The van der Waals surface area contributed by atoms with Crippen LogP contribution in [0.5, 0.6) is 5.75 Å². The predicted molar refractivity (Wildman–Crippen MR) is 84.3 cm³/mol. The average Bonchev–Trinajstić information content (AvgIpc) is 2.48. The molecule has 0 saturated heterocycles. The summed E-state index contributed by atoms with van der Waals surface area (Å²) in [6.07, 6.45) is 0. The first kappa shape index (κ1) is 14.9. The molecule has 0 aliphatic heterocycles. The van der Waals surface area contributed by atoms with Gasteiger partial charge in [-0.25, -0.2) is 0 Å². The van der Waals surface area contributed by atoms with Crippen molar-refractivity contribution in [2.75, 3.05) is 6.61 Å². The molecule has 0 bridgehead atoms. The molecule has 1 N–H and O–H groups in total. The van der Waals surface area contributed by atoms with Crippen molar-refractivity contribution >= 4 is 11.6 Å². The number of benzene rings is 2. The molecule has 0 aliphatic carbocycles. The Morgan fingerprint density at radius 2 is 1.90 bits per heavy atom. The van der Waals surface area contributed by atoms with Gasteiger partial charge in [-0.3, -0.25) is 0 Å². The molecule has 1 atom stereocenters. The SMILES string of the molecule is CCOc1ccc(CNC(C)c2ccccc2)cc1Cl. The van der Waals surface area contributed by atoms with Gasteiger partial charge in [-0.15, -0.1) is 0 Å². The maximum absolute atomic E-state index is 6.19. The molecule has 0 amide bonds. The number of nitrogens with one attached hydrogen (secondary N) is 1. The summed E-state index contributed by atoms with van der Waals surface area (Å²) < 4.78 is 5.43. The van der Waals surface area contributed by atoms with Gasteiger partial charge < -0.3 is 10.1 Å². The molecule has 2 rings (SSSR count). The Bertz CT molecular complexity index is 542. The highest BCUT2D eigenvalue weighted by atomic mass is 35.5. The second-order valence-corrected chi connectivity index (χ2v) is 5.12. The molecule has 2 aromatic rings. The smallest absolute Gasteiger partial charge is 0.137 e. The standard InChI is InChI=1S/C17H20ClNO/c1-3-20-17-10-9-14(11-16(17)18)12-19-13(2)15-7-5-4-6-8-15/h4-11,13,19H,3,12H2,1-2H3. The number of ether oxygens (including phenoxy) is 1. The molecule has 0 spiro atoms. The Balaban J connectivity index is 1.96. The van der Waals surface area contributed by atoms with Gasteiger partial charge in [-0.05, 0) is 37.1 Å². The second kappa shape index (κ2) is 7.32. The lowest BCUT2D eigenvalue weighted by atomic mass is 10.1. The summed E-state index contributed by atoms with van der Waals surface area (Å²) in [6.45, 7) is 5.52. The first-order chi connectivity index (χ1) is 9.70. The molecule has 20 heavy (non-hydrogen) atoms. The van der Waals surface area contributed by atoms with Crippen LogP contribution in [0.4, 0.5) is 0 Å². The third-order valence-corrected chi connectivity index (χ3v) is 3.50. The zero-order valence-electron chi connectivity index (χ0n) is 11.9. The van der Waals surface area contributed by atoms with E-state index >= 15 is 0 Å². The van der Waals surface area contributed by atoms with Gasteiger partial charge in [0.05, 0.1) is 11.6 Å². The summed E-state index contributed by atoms with van der Waals surface area (Å²) in [4.78, 5) is 0. The van der Waals surface area contributed by atoms with E-state index in [1.807, 2.05) is 31.2 Å². The molecule has 0 aliphatic rings. The molecule has 0 radical (unpaired) electrons. The molecule has 0 saturated carbocycles. The maximum Gasteiger partial charge on any atom is 0.137 e. The molecule has 3 heteroatoms. The predicted octanol–water partition coefficient (Wildman–Crippen LogP) is 4.59. The summed E-state index contributed by atoms with van der Waals surface area (Å²) in [5, 5.41) is 4.16. The van der Waals surface area contributed by atoms with E-state index in [0.717, 1.165) is 17.9 Å². The summed E-state index contributed by atoms with van der Waals surface area (Å²) >= 11 is 6.19. The van der Waals surface area contributed by atoms with E-state index in [1.54, 1.807) is 0 Å². The van der Waals surface area contributed by atoms with E-state index in [2.05, 4.69) is 36.5 Å². The fourth-order valence-electron chi connectivity index (χ4n) is 2.06. The third kappa shape index (κ3) is 3.99. The average molecular weight is 290 g/mol. The van der Waals surface area contributed by atoms with Gasteiger partial charge in [0.2, 0.25) is 0 Å². The van der Waals surface area contributed by atoms with Crippen LogP contribution in [0.15, 0.2) is 48.5 Å². The lowest BCUT2D eigenvalue weighted by Crippen LogP contribution is -2.17. The van der Waals surface area contributed by atoms with Crippen molar-refractivity contribution in [2.24, 2.45) is 0 Å². The van der Waals surface area contributed by atoms with Crippen molar-refractivity contribution in [3.63, 3.8) is 0 Å². The van der Waals surface area contributed by atoms with E-state index in [9.17, 15) is 0 Å². The van der Waals surface area contributed by atoms with Gasteiger partial charge in [0.15, 0.2) is 0 Å². The summed E-state index contributed by atoms with van der Waals surface area (Å²) in [6, 6.07) is 16.6. The Morgan fingerprint density at radius 3 is 2.55 bits per heavy atom. The van der Waals surface area contributed by atoms with E-state index in [-0.39, 0.29) is 0 Å². The van der Waals surface area contributed by atoms with Crippen molar-refractivity contribution in [1.82, 2.24) is 5.32 Å². The molecule has 0 aromatic heterocycles. The zero-order chi connectivity index (χ0) is 14.4. The molecule has 0 heterocycles. The molecule has 106 valence electrons. The van der Waals surface area contributed by atoms with Gasteiger partial charge in [0.1, 0.15) is 5.75 Å². The third-order valence-electron chi connectivity index (χ3n) is 3.21. The minimum absolute atomic E-state index is 0.307. The lowest BCUT2D eigenvalue weighted by Gasteiger charge is -2.15. The minimum Gasteiger partial charge on any atom is -0.492 e. The van der Waals surface area contributed by atoms with E-state index in [1.165, 1.54) is 5.56 Å². The van der Waals surface area contributed by atoms with Gasteiger partial charge in [0, 0.05) is 12.6 Å². The highest BCUT2D eigenvalue weighted by Crippen LogP contribution is 2.25. The van der Waals surface area contributed by atoms with Crippen molar-refractivity contribution < 1.29 is 4.74 Å². The molecular formula is C17H20ClNO. The van der Waals surface area contributed by atoms with Crippen LogP contribution in [0, 0.1) is 0 Å². The summed E-state index contributed by atoms with van der Waals surface area (Å²) in [5.74, 6) is 0.744. The highest BCUT2D eigenvalue weighted by molar-refractivity contribution is 6.32. The fourth-order valence-corrected chi connectivity index (χ4v) is 2.32. The van der Waals surface area contributed by atoms with Crippen LogP contribution in [-0.2, 0) is 6.54 Å². The van der Waals surface area contributed by atoms with Crippen LogP contribution in [0.3, 0.4) is 0 Å². The molecule has 1 unspecified atom stereocenters. The second-order valence-electron chi connectivity index (χ2n) is 4.71. The van der Waals surface area contributed by atoms with E-state index < -0.39 is 0 Å². The van der Waals surface area contributed by atoms with E-state index in [0.29, 0.717) is 17.7 Å². The van der Waals surface area contributed by atoms with Crippen LogP contribution < -0.4 is 10.1 Å². The van der Waals surface area contributed by atoms with Crippen LogP contribution in [0.1, 0.15) is 31.0 Å². The van der Waals surface area contributed by atoms with Crippen molar-refractivity contribution in [3.8, 4) is 5.75 Å². The largest absolute Gasteiger partial charge is 0.492 e. The summed E-state index contributed by atoms with van der Waals surface area (Å²) in [5.41, 5.74) is 2.44. The normalized spacial score (nSPS) is 12.2. The maximum atomic E-state index is 6.19. The number of hydrogen-bond donors (Lipinski definition) is 1. The van der Waals surface area contributed by atoms with Gasteiger partial charge in [0.25, 0.3) is 0 Å². The minimum atomic E-state index is 0.307. The topological polar surface area (TPSA) is 21.3 Å². The quantitative estimate of drug-likeness (QED) is 0.840. The number of halogens is 1. The van der Waals surface area contributed by atoms with Crippen LogP contribution >= 0.6 is 11.6 Å². The zero-order valence-corrected chi connectivity index (χ0v) is 12.7. The Hall–Kier alpha value is -1.51. The van der Waals surface area contributed by atoms with Gasteiger partial charge >= 0.3 is 0 Å². The molecule has 0 fully saturated rings. The Morgan fingerprint density at radius 1 is 1.15 bits per heavy atom. The number of rotatable bonds is 6. The van der Waals surface area contributed by atoms with Crippen molar-refractivity contribution in [3.05, 3.63) is 64.7 Å². The van der Waals surface area contributed by atoms with Crippen molar-refractivity contribution in [1.29, 1.82) is 0 Å². The first-order valence-corrected chi connectivity index (χ1v) is 7.28. The number of hydrogen-bond acceptors (Lipinski definition) is 2. The van der Waals surface area contributed by atoms with Gasteiger partial charge in [-0.1, -0.05) is 48.0 Å². The first-order valence-electron chi connectivity index (χ1n) is 6.90. The molecule has 2 nitrogen and oxygen atoms in total. The van der Waals surface area contributed by atoms with Crippen molar-refractivity contribution in [2.45, 2.75) is 26.4 Å². The van der Waals surface area contributed by atoms with Crippen LogP contribution in [0.2, 0.25) is 5.02 Å². The van der Waals surface area contributed by atoms with E-state index in [4.69, 9.17) is 16.3 Å². The monoisotopic (exact) mass is 289 g/mol. The van der Waals surface area contributed by atoms with Crippen LogP contribution in [-0.4, -0.2) is 6.61 Å².